The summed E-state index contributed by atoms with van der Waals surface area (Å²) < 4.78 is 38.6. The monoisotopic (exact) mass is 472 g/mol. The molecule has 1 amide bonds. The van der Waals surface area contributed by atoms with Gasteiger partial charge >= 0.3 is 0 Å². The Hall–Kier alpha value is -3.14. The average Bonchev–Trinajstić information content (AvgIpc) is 3.30. The Balaban J connectivity index is 1.69. The first kappa shape index (κ1) is 24.5. The van der Waals surface area contributed by atoms with Crippen LogP contribution in [0.5, 0.6) is 5.75 Å². The van der Waals surface area contributed by atoms with Gasteiger partial charge in [-0.1, -0.05) is 17.7 Å². The lowest BCUT2D eigenvalue weighted by Gasteiger charge is -2.24. The van der Waals surface area contributed by atoms with Crippen LogP contribution in [0.2, 0.25) is 0 Å². The molecule has 33 heavy (non-hydrogen) atoms. The lowest BCUT2D eigenvalue weighted by atomic mass is 10.2. The van der Waals surface area contributed by atoms with E-state index in [2.05, 4.69) is 0 Å². The molecule has 8 nitrogen and oxygen atoms in total. The minimum atomic E-state index is -3.87. The zero-order valence-corrected chi connectivity index (χ0v) is 19.7. The number of aliphatic hydroxyl groups excluding tert-OH is 1. The van der Waals surface area contributed by atoms with Crippen molar-refractivity contribution in [2.75, 3.05) is 25.1 Å². The van der Waals surface area contributed by atoms with Crippen LogP contribution in [0, 0.1) is 6.92 Å². The number of benzene rings is 2. The Morgan fingerprint density at radius 2 is 1.76 bits per heavy atom. The van der Waals surface area contributed by atoms with Crippen LogP contribution in [0.1, 0.15) is 18.2 Å². The number of carbonyl (C=O) groups excluding carboxylic acids is 1. The number of amides is 1. The third kappa shape index (κ3) is 6.44. The molecular formula is C24H28N2O6S. The Morgan fingerprint density at radius 1 is 1.09 bits per heavy atom. The Kier molecular flexibility index (Phi) is 7.91. The number of carbonyl (C=O) groups is 1. The van der Waals surface area contributed by atoms with E-state index in [0.717, 1.165) is 5.56 Å². The number of rotatable bonds is 10. The zero-order chi connectivity index (χ0) is 24.0. The summed E-state index contributed by atoms with van der Waals surface area (Å²) in [6, 6.07) is 16.7. The summed E-state index contributed by atoms with van der Waals surface area (Å²) >= 11 is 0. The van der Waals surface area contributed by atoms with E-state index in [-0.39, 0.29) is 30.5 Å². The molecule has 1 atom stereocenters. The maximum absolute atomic E-state index is 13.2. The van der Waals surface area contributed by atoms with Gasteiger partial charge in [0.1, 0.15) is 24.2 Å². The third-order valence-corrected chi connectivity index (χ3v) is 6.95. The predicted octanol–water partition coefficient (Wildman–Crippen LogP) is 3.20. The number of nitrogens with zero attached hydrogens (tertiary/aromatic N) is 2. The first-order chi connectivity index (χ1) is 15.7. The van der Waals surface area contributed by atoms with Crippen molar-refractivity contribution in [3.63, 3.8) is 0 Å². The van der Waals surface area contributed by atoms with Crippen LogP contribution in [0.4, 0.5) is 5.69 Å². The van der Waals surface area contributed by atoms with E-state index in [1.165, 1.54) is 22.4 Å². The van der Waals surface area contributed by atoms with Crippen molar-refractivity contribution in [2.24, 2.45) is 0 Å². The number of sulfonamides is 1. The first-order valence-electron chi connectivity index (χ1n) is 10.4. The maximum atomic E-state index is 13.2. The summed E-state index contributed by atoms with van der Waals surface area (Å²) in [7, 11) is -2.20. The van der Waals surface area contributed by atoms with Crippen LogP contribution in [0.25, 0.3) is 0 Å². The highest BCUT2D eigenvalue weighted by Gasteiger charge is 2.28. The molecule has 0 bridgehead atoms. The van der Waals surface area contributed by atoms with Gasteiger partial charge in [-0.15, -0.1) is 0 Å². The summed E-state index contributed by atoms with van der Waals surface area (Å²) in [5.74, 6) is 0.864. The van der Waals surface area contributed by atoms with E-state index in [1.807, 2.05) is 6.92 Å². The van der Waals surface area contributed by atoms with Gasteiger partial charge in [0, 0.05) is 26.2 Å². The molecule has 176 valence electrons. The molecule has 0 aliphatic carbocycles. The Labute approximate surface area is 194 Å². The summed E-state index contributed by atoms with van der Waals surface area (Å²) in [4.78, 5) is 13.1. The lowest BCUT2D eigenvalue weighted by Crippen LogP contribution is -2.39. The second kappa shape index (κ2) is 10.7. The number of anilines is 1. The minimum absolute atomic E-state index is 0.0215. The molecule has 0 unspecified atom stereocenters. The van der Waals surface area contributed by atoms with E-state index in [0.29, 0.717) is 17.2 Å². The number of furan rings is 1. The molecule has 0 fully saturated rings. The fraction of sp³-hybridized carbons (Fsp3) is 0.292. The molecule has 0 radical (unpaired) electrons. The zero-order valence-electron chi connectivity index (χ0n) is 18.8. The normalized spacial score (nSPS) is 12.5. The lowest BCUT2D eigenvalue weighted by molar-refractivity contribution is -0.116. The summed E-state index contributed by atoms with van der Waals surface area (Å²) in [6.07, 6.45) is 0.387. The molecule has 2 aromatic carbocycles. The molecule has 0 aliphatic rings. The predicted molar refractivity (Wildman–Crippen MR) is 125 cm³/mol. The Morgan fingerprint density at radius 3 is 2.33 bits per heavy atom. The summed E-state index contributed by atoms with van der Waals surface area (Å²) in [6.45, 7) is 3.04. The van der Waals surface area contributed by atoms with Gasteiger partial charge in [-0.25, -0.2) is 8.42 Å². The Bertz CT molecular complexity index is 1140. The number of hydrogen-bond acceptors (Lipinski definition) is 6. The van der Waals surface area contributed by atoms with Gasteiger partial charge in [0.2, 0.25) is 15.9 Å². The second-order valence-corrected chi connectivity index (χ2v) is 9.66. The van der Waals surface area contributed by atoms with Crippen LogP contribution in [0.3, 0.4) is 0 Å². The minimum Gasteiger partial charge on any atom is -0.491 e. The van der Waals surface area contributed by atoms with Gasteiger partial charge in [-0.2, -0.15) is 4.31 Å². The van der Waals surface area contributed by atoms with E-state index < -0.39 is 16.1 Å². The van der Waals surface area contributed by atoms with E-state index >= 15 is 0 Å². The van der Waals surface area contributed by atoms with Crippen molar-refractivity contribution in [2.45, 2.75) is 31.4 Å². The molecule has 1 aromatic heterocycles. The summed E-state index contributed by atoms with van der Waals surface area (Å²) in [5.41, 5.74) is 1.66. The number of aryl methyl sites for hydroxylation is 1. The summed E-state index contributed by atoms with van der Waals surface area (Å²) in [5, 5.41) is 10.6. The van der Waals surface area contributed by atoms with Crippen molar-refractivity contribution in [1.82, 2.24) is 4.31 Å². The largest absolute Gasteiger partial charge is 0.491 e. The van der Waals surface area contributed by atoms with Gasteiger partial charge in [-0.3, -0.25) is 4.79 Å². The van der Waals surface area contributed by atoms with Crippen LogP contribution in [-0.2, 0) is 21.4 Å². The molecule has 1 N–H and O–H groups in total. The van der Waals surface area contributed by atoms with Crippen molar-refractivity contribution >= 4 is 21.6 Å². The van der Waals surface area contributed by atoms with Gasteiger partial charge in [0.25, 0.3) is 0 Å². The maximum Gasteiger partial charge on any atom is 0.243 e. The van der Waals surface area contributed by atoms with Gasteiger partial charge in [-0.05, 0) is 55.5 Å². The van der Waals surface area contributed by atoms with Crippen molar-refractivity contribution in [3.8, 4) is 5.75 Å². The molecular weight excluding hydrogens is 444 g/mol. The highest BCUT2D eigenvalue weighted by atomic mass is 32.2. The number of ether oxygens (including phenoxy) is 1. The molecule has 0 spiro atoms. The van der Waals surface area contributed by atoms with E-state index in [4.69, 9.17) is 9.15 Å². The van der Waals surface area contributed by atoms with Crippen molar-refractivity contribution in [1.29, 1.82) is 0 Å². The molecule has 1 heterocycles. The number of aliphatic hydroxyl groups is 1. The van der Waals surface area contributed by atoms with Crippen LogP contribution < -0.4 is 9.64 Å². The fourth-order valence-electron chi connectivity index (χ4n) is 3.11. The SMILES string of the molecule is CC(=O)N(C)c1ccc(OC[C@H](O)CN(Cc2ccco2)S(=O)(=O)c2ccc(C)cc2)cc1. The quantitative estimate of drug-likeness (QED) is 0.486. The molecule has 0 saturated heterocycles. The fourth-order valence-corrected chi connectivity index (χ4v) is 4.55. The third-order valence-electron chi connectivity index (χ3n) is 5.12. The molecule has 9 heteroatoms. The van der Waals surface area contributed by atoms with Gasteiger partial charge in [0.15, 0.2) is 0 Å². The molecule has 3 aromatic rings. The van der Waals surface area contributed by atoms with Crippen LogP contribution in [0.15, 0.2) is 76.2 Å². The topological polar surface area (TPSA) is 100 Å². The molecule has 3 rings (SSSR count). The first-order valence-corrected chi connectivity index (χ1v) is 11.9. The average molecular weight is 473 g/mol. The highest BCUT2D eigenvalue weighted by molar-refractivity contribution is 7.89. The van der Waals surface area contributed by atoms with Gasteiger partial charge < -0.3 is 19.2 Å². The number of hydrogen-bond donors (Lipinski definition) is 1. The molecule has 0 saturated carbocycles. The van der Waals surface area contributed by atoms with E-state index in [1.54, 1.807) is 67.7 Å². The van der Waals surface area contributed by atoms with Crippen LogP contribution >= 0.6 is 0 Å². The second-order valence-electron chi connectivity index (χ2n) is 7.73. The smallest absolute Gasteiger partial charge is 0.243 e. The standard InChI is InChI=1S/C24H28N2O6S/c1-18-6-12-24(13-7-18)33(29,30)26(16-23-5-4-14-31-23)15-21(28)17-32-22-10-8-20(9-11-22)25(3)19(2)27/h4-14,21,28H,15-17H2,1-3H3/t21-/m1/s1. The van der Waals surface area contributed by atoms with E-state index in [9.17, 15) is 18.3 Å². The van der Waals surface area contributed by atoms with Crippen LogP contribution in [-0.4, -0.2) is 50.0 Å². The highest BCUT2D eigenvalue weighted by Crippen LogP contribution is 2.21. The van der Waals surface area contributed by atoms with Gasteiger partial charge in [0.05, 0.1) is 17.7 Å². The van der Waals surface area contributed by atoms with Crippen molar-refractivity contribution in [3.05, 3.63) is 78.3 Å². The van der Waals surface area contributed by atoms with Crippen molar-refractivity contribution < 1.29 is 27.5 Å². The molecule has 0 aliphatic heterocycles.